The molecule has 0 radical (unpaired) electrons. The van der Waals surface area contributed by atoms with Crippen molar-refractivity contribution in [1.29, 1.82) is 0 Å². The second-order valence-corrected chi connectivity index (χ2v) is 7.79. The minimum atomic E-state index is -0.152. The maximum absolute atomic E-state index is 12.9. The van der Waals surface area contributed by atoms with Crippen LogP contribution in [0.1, 0.15) is 24.7 Å². The highest BCUT2D eigenvalue weighted by molar-refractivity contribution is 5.91. The molecule has 0 spiro atoms. The molecule has 2 aromatic carbocycles. The van der Waals surface area contributed by atoms with Crippen LogP contribution in [-0.2, 0) is 0 Å². The van der Waals surface area contributed by atoms with Crippen molar-refractivity contribution in [3.05, 3.63) is 85.0 Å². The van der Waals surface area contributed by atoms with Crippen LogP contribution < -0.4 is 10.1 Å². The number of pyridine rings is 1. The zero-order valence-electron chi connectivity index (χ0n) is 17.9. The number of rotatable bonds is 5. The maximum atomic E-state index is 12.9. The van der Waals surface area contributed by atoms with Gasteiger partial charge in [0.1, 0.15) is 5.75 Å². The lowest BCUT2D eigenvalue weighted by Gasteiger charge is -2.30. The molecule has 8 nitrogen and oxygen atoms in total. The molecule has 0 atom stereocenters. The summed E-state index contributed by atoms with van der Waals surface area (Å²) in [5.41, 5.74) is 1.50. The molecule has 33 heavy (non-hydrogen) atoms. The van der Waals surface area contributed by atoms with Gasteiger partial charge in [0.25, 0.3) is 0 Å². The van der Waals surface area contributed by atoms with Gasteiger partial charge in [-0.05, 0) is 49.2 Å². The number of ether oxygens (including phenoxy) is 1. The van der Waals surface area contributed by atoms with Crippen molar-refractivity contribution < 1.29 is 14.1 Å². The summed E-state index contributed by atoms with van der Waals surface area (Å²) in [6.45, 7) is 1.20. The lowest BCUT2D eigenvalue weighted by atomic mass is 9.97. The van der Waals surface area contributed by atoms with Crippen LogP contribution in [0.15, 0.2) is 83.6 Å². The van der Waals surface area contributed by atoms with E-state index in [1.165, 1.54) is 0 Å². The third kappa shape index (κ3) is 4.85. The molecule has 3 heterocycles. The van der Waals surface area contributed by atoms with Gasteiger partial charge in [0.05, 0.1) is 5.69 Å². The summed E-state index contributed by atoms with van der Waals surface area (Å²) in [5, 5.41) is 7.08. The monoisotopic (exact) mass is 441 g/mol. The Balaban J connectivity index is 1.19. The molecule has 5 rings (SSSR count). The summed E-state index contributed by atoms with van der Waals surface area (Å²) in [7, 11) is 0. The summed E-state index contributed by atoms with van der Waals surface area (Å²) in [5.74, 6) is 2.61. The van der Waals surface area contributed by atoms with Gasteiger partial charge in [-0.3, -0.25) is 4.98 Å². The highest BCUT2D eigenvalue weighted by atomic mass is 16.5. The van der Waals surface area contributed by atoms with Crippen LogP contribution in [0.3, 0.4) is 0 Å². The number of likely N-dealkylation sites (tertiary alicyclic amines) is 1. The number of urea groups is 1. The zero-order valence-corrected chi connectivity index (χ0v) is 17.9. The first-order valence-corrected chi connectivity index (χ1v) is 10.9. The van der Waals surface area contributed by atoms with Crippen LogP contribution in [0.4, 0.5) is 10.5 Å². The number of nitrogens with zero attached hydrogens (tertiary/aromatic N) is 4. The van der Waals surface area contributed by atoms with Crippen molar-refractivity contribution in [2.75, 3.05) is 18.4 Å². The van der Waals surface area contributed by atoms with Gasteiger partial charge in [0, 0.05) is 37.0 Å². The second kappa shape index (κ2) is 9.52. The number of benzene rings is 2. The van der Waals surface area contributed by atoms with Crippen LogP contribution >= 0.6 is 0 Å². The Hall–Kier alpha value is -4.20. The van der Waals surface area contributed by atoms with Crippen molar-refractivity contribution in [2.24, 2.45) is 0 Å². The van der Waals surface area contributed by atoms with Crippen LogP contribution in [0.25, 0.3) is 11.4 Å². The summed E-state index contributed by atoms with van der Waals surface area (Å²) in [6, 6.07) is 20.5. The molecule has 1 saturated heterocycles. The number of hydrogen-bond acceptors (Lipinski definition) is 6. The van der Waals surface area contributed by atoms with E-state index in [0.29, 0.717) is 42.0 Å². The molecule has 2 aromatic heterocycles. The second-order valence-electron chi connectivity index (χ2n) is 7.79. The number of nitrogens with one attached hydrogen (secondary N) is 1. The molecule has 0 unspecified atom stereocenters. The van der Waals surface area contributed by atoms with Crippen molar-refractivity contribution in [3.63, 3.8) is 0 Å². The Morgan fingerprint density at radius 1 is 0.970 bits per heavy atom. The smallest absolute Gasteiger partial charge is 0.321 e. The van der Waals surface area contributed by atoms with Gasteiger partial charge < -0.3 is 19.5 Å². The van der Waals surface area contributed by atoms with Crippen molar-refractivity contribution in [1.82, 2.24) is 20.0 Å². The van der Waals surface area contributed by atoms with Gasteiger partial charge >= 0.3 is 6.03 Å². The number of amides is 2. The van der Waals surface area contributed by atoms with E-state index >= 15 is 0 Å². The molecule has 0 bridgehead atoms. The Morgan fingerprint density at radius 2 is 1.70 bits per heavy atom. The molecule has 1 aliphatic heterocycles. The van der Waals surface area contributed by atoms with Crippen LogP contribution in [0.2, 0.25) is 0 Å². The number of para-hydroxylation sites is 3. The molecule has 0 aliphatic carbocycles. The number of hydrogen-bond donors (Lipinski definition) is 1. The predicted octanol–water partition coefficient (Wildman–Crippen LogP) is 5.34. The van der Waals surface area contributed by atoms with Crippen molar-refractivity contribution in [3.8, 4) is 22.9 Å². The van der Waals surface area contributed by atoms with E-state index in [9.17, 15) is 4.79 Å². The summed E-state index contributed by atoms with van der Waals surface area (Å²) in [4.78, 5) is 23.3. The van der Waals surface area contributed by atoms with E-state index < -0.39 is 0 Å². The minimum Gasteiger partial charge on any atom is -0.455 e. The van der Waals surface area contributed by atoms with E-state index in [1.807, 2.05) is 66.7 Å². The van der Waals surface area contributed by atoms with Gasteiger partial charge in [0.2, 0.25) is 11.7 Å². The largest absolute Gasteiger partial charge is 0.455 e. The first-order chi connectivity index (χ1) is 16.3. The molecule has 0 saturated carbocycles. The Morgan fingerprint density at radius 3 is 2.48 bits per heavy atom. The Labute approximate surface area is 191 Å². The van der Waals surface area contributed by atoms with Crippen LogP contribution in [-0.4, -0.2) is 39.1 Å². The highest BCUT2D eigenvalue weighted by Crippen LogP contribution is 2.31. The molecule has 8 heteroatoms. The number of anilines is 1. The fourth-order valence-corrected chi connectivity index (χ4v) is 3.82. The van der Waals surface area contributed by atoms with E-state index in [1.54, 1.807) is 17.3 Å². The summed E-state index contributed by atoms with van der Waals surface area (Å²) < 4.78 is 11.5. The van der Waals surface area contributed by atoms with E-state index in [-0.39, 0.29) is 11.9 Å². The fourth-order valence-electron chi connectivity index (χ4n) is 3.82. The highest BCUT2D eigenvalue weighted by Gasteiger charge is 2.28. The molecular formula is C25H23N5O3. The van der Waals surface area contributed by atoms with E-state index in [0.717, 1.165) is 18.4 Å². The molecule has 4 aromatic rings. The number of carbonyl (C=O) groups is 1. The maximum Gasteiger partial charge on any atom is 0.321 e. The standard InChI is InChI=1S/C25H23N5O3/c31-25(27-21-8-4-5-9-22(21)32-20-6-2-1-3-7-20)30-16-12-19(13-17-30)24-28-23(29-33-24)18-10-14-26-15-11-18/h1-11,14-15,19H,12-13,16-17H2,(H,27,31). The Kier molecular flexibility index (Phi) is 5.97. The molecular weight excluding hydrogens is 418 g/mol. The van der Waals surface area contributed by atoms with Crippen molar-refractivity contribution >= 4 is 11.7 Å². The quantitative estimate of drug-likeness (QED) is 0.450. The predicted molar refractivity (Wildman–Crippen MR) is 123 cm³/mol. The lowest BCUT2D eigenvalue weighted by Crippen LogP contribution is -2.40. The normalized spacial score (nSPS) is 14.1. The van der Waals surface area contributed by atoms with Gasteiger partial charge in [-0.1, -0.05) is 35.5 Å². The molecule has 1 fully saturated rings. The molecule has 2 amide bonds. The SMILES string of the molecule is O=C(Nc1ccccc1Oc1ccccc1)N1CCC(c2nc(-c3ccncc3)no2)CC1. The minimum absolute atomic E-state index is 0.130. The average Bonchev–Trinajstić information content (AvgIpc) is 3.37. The molecule has 166 valence electrons. The van der Waals surface area contributed by atoms with Gasteiger partial charge in [-0.25, -0.2) is 4.79 Å². The fraction of sp³-hybridized carbons (Fsp3) is 0.200. The average molecular weight is 441 g/mol. The summed E-state index contributed by atoms with van der Waals surface area (Å²) >= 11 is 0. The van der Waals surface area contributed by atoms with Crippen LogP contribution in [0, 0.1) is 0 Å². The topological polar surface area (TPSA) is 93.4 Å². The first kappa shape index (κ1) is 20.7. The number of piperidine rings is 1. The first-order valence-electron chi connectivity index (χ1n) is 10.9. The molecule has 1 aliphatic rings. The van der Waals surface area contributed by atoms with E-state index in [2.05, 4.69) is 20.4 Å². The third-order valence-electron chi connectivity index (χ3n) is 5.61. The van der Waals surface area contributed by atoms with Gasteiger partial charge in [-0.15, -0.1) is 0 Å². The lowest BCUT2D eigenvalue weighted by molar-refractivity contribution is 0.187. The van der Waals surface area contributed by atoms with Gasteiger partial charge in [0.15, 0.2) is 5.75 Å². The van der Waals surface area contributed by atoms with Gasteiger partial charge in [-0.2, -0.15) is 4.98 Å². The molecule has 1 N–H and O–H groups in total. The number of aromatic nitrogens is 3. The Bertz CT molecular complexity index is 1200. The summed E-state index contributed by atoms with van der Waals surface area (Å²) in [6.07, 6.45) is 4.91. The van der Waals surface area contributed by atoms with E-state index in [4.69, 9.17) is 9.26 Å². The van der Waals surface area contributed by atoms with Crippen LogP contribution in [0.5, 0.6) is 11.5 Å². The third-order valence-corrected chi connectivity index (χ3v) is 5.61. The zero-order chi connectivity index (χ0) is 22.5. The number of carbonyl (C=O) groups excluding carboxylic acids is 1. The van der Waals surface area contributed by atoms with Crippen molar-refractivity contribution in [2.45, 2.75) is 18.8 Å².